The highest BCUT2D eigenvalue weighted by atomic mass is 35.5. The van der Waals surface area contributed by atoms with Crippen LogP contribution in [0.25, 0.3) is 11.2 Å². The van der Waals surface area contributed by atoms with Crippen LogP contribution in [0.1, 0.15) is 5.56 Å². The molecule has 0 amide bonds. The molecule has 1 unspecified atom stereocenters. The van der Waals surface area contributed by atoms with Crippen LogP contribution in [-0.4, -0.2) is 43.1 Å². The summed E-state index contributed by atoms with van der Waals surface area (Å²) in [6.07, 6.45) is 0.401. The van der Waals surface area contributed by atoms with E-state index in [0.717, 1.165) is 0 Å². The van der Waals surface area contributed by atoms with Gasteiger partial charge in [-0.1, -0.05) is 23.7 Å². The van der Waals surface area contributed by atoms with Crippen LogP contribution in [0.3, 0.4) is 0 Å². The van der Waals surface area contributed by atoms with Gasteiger partial charge in [0, 0.05) is 12.1 Å². The maximum Gasteiger partial charge on any atom is 0.329 e. The van der Waals surface area contributed by atoms with Crippen molar-refractivity contribution in [3.63, 3.8) is 0 Å². The minimum Gasteiger partial charge on any atom is -0.491 e. The van der Waals surface area contributed by atoms with Gasteiger partial charge in [0.1, 0.15) is 24.3 Å². The predicted octanol–water partition coefficient (Wildman–Crippen LogP) is 2.10. The topological polar surface area (TPSA) is 127 Å². The van der Waals surface area contributed by atoms with Crippen molar-refractivity contribution >= 4 is 34.9 Å². The van der Waals surface area contributed by atoms with Crippen LogP contribution in [-0.2, 0) is 13.6 Å². The normalized spacial score (nSPS) is 12.4. The molecule has 4 rings (SSSR count). The van der Waals surface area contributed by atoms with Crippen LogP contribution < -0.4 is 21.4 Å². The summed E-state index contributed by atoms with van der Waals surface area (Å²) in [5, 5.41) is 15.2. The van der Waals surface area contributed by atoms with Crippen molar-refractivity contribution in [2.75, 3.05) is 12.0 Å². The molecule has 176 valence electrons. The molecule has 2 aromatic carbocycles. The molecule has 0 bridgehead atoms. The molecule has 0 saturated heterocycles. The molecule has 0 fully saturated rings. The highest BCUT2D eigenvalue weighted by Gasteiger charge is 2.20. The summed E-state index contributed by atoms with van der Waals surface area (Å²) in [4.78, 5) is 31.1. The van der Waals surface area contributed by atoms with Gasteiger partial charge < -0.3 is 14.4 Å². The number of halogens is 2. The van der Waals surface area contributed by atoms with Crippen LogP contribution in [0, 0.1) is 5.82 Å². The van der Waals surface area contributed by atoms with Crippen molar-refractivity contribution in [3.8, 4) is 5.75 Å². The first-order valence-electron chi connectivity index (χ1n) is 10.1. The van der Waals surface area contributed by atoms with Gasteiger partial charge >= 0.3 is 5.69 Å². The molecule has 2 heterocycles. The molecule has 0 saturated carbocycles. The molecule has 1 atom stereocenters. The van der Waals surface area contributed by atoms with E-state index in [1.165, 1.54) is 46.7 Å². The monoisotopic (exact) mass is 486 g/mol. The molecule has 0 aliphatic heterocycles. The Morgan fingerprint density at radius 2 is 1.94 bits per heavy atom. The van der Waals surface area contributed by atoms with Gasteiger partial charge in [0.15, 0.2) is 11.2 Å². The smallest absolute Gasteiger partial charge is 0.329 e. The largest absolute Gasteiger partial charge is 0.491 e. The first-order chi connectivity index (χ1) is 16.3. The van der Waals surface area contributed by atoms with Crippen molar-refractivity contribution in [2.45, 2.75) is 12.6 Å². The number of imidazole rings is 1. The first kappa shape index (κ1) is 23.2. The molecule has 10 nitrogen and oxygen atoms in total. The first-order valence-corrected chi connectivity index (χ1v) is 10.5. The number of benzene rings is 2. The zero-order chi connectivity index (χ0) is 24.2. The molecule has 2 aromatic heterocycles. The van der Waals surface area contributed by atoms with Crippen molar-refractivity contribution in [3.05, 3.63) is 85.8 Å². The van der Waals surface area contributed by atoms with Gasteiger partial charge in [0.2, 0.25) is 5.95 Å². The minimum atomic E-state index is -1.04. The number of aliphatic hydroxyl groups excluding tert-OH is 1. The number of aromatic nitrogens is 4. The molecular weight excluding hydrogens is 467 g/mol. The molecule has 4 aromatic rings. The number of anilines is 1. The average molecular weight is 487 g/mol. The lowest BCUT2D eigenvalue weighted by molar-refractivity contribution is 0.0938. The van der Waals surface area contributed by atoms with E-state index in [1.54, 1.807) is 24.3 Å². The van der Waals surface area contributed by atoms with Crippen LogP contribution in [0.2, 0.25) is 5.02 Å². The van der Waals surface area contributed by atoms with E-state index >= 15 is 0 Å². The van der Waals surface area contributed by atoms with E-state index < -0.39 is 17.4 Å². The number of hydrogen-bond donors (Lipinski definition) is 3. The Balaban J connectivity index is 1.60. The fourth-order valence-electron chi connectivity index (χ4n) is 3.20. The Labute approximate surface area is 196 Å². The quantitative estimate of drug-likeness (QED) is 0.258. The number of aryl methyl sites for hydroxylation is 1. The molecule has 0 radical (unpaired) electrons. The Hall–Kier alpha value is -3.96. The van der Waals surface area contributed by atoms with E-state index in [-0.39, 0.29) is 36.1 Å². The van der Waals surface area contributed by atoms with Gasteiger partial charge in [-0.2, -0.15) is 10.1 Å². The van der Waals surface area contributed by atoms with E-state index in [0.29, 0.717) is 16.3 Å². The standard InChI is InChI=1S/C22H20ClFN6O4/c1-29-19-18(20(32)27-22(29)33)30(11-16(31)12-34-17-8-4-14(23)5-9-17)21(26-19)28-25-10-13-2-6-15(24)7-3-13/h2-10,16,31H,11-12H2,1H3,(H,26,28)(H,27,32,33). The van der Waals surface area contributed by atoms with Crippen molar-refractivity contribution in [1.82, 2.24) is 19.1 Å². The van der Waals surface area contributed by atoms with E-state index in [9.17, 15) is 19.1 Å². The Morgan fingerprint density at radius 1 is 1.24 bits per heavy atom. The second-order valence-electron chi connectivity index (χ2n) is 7.38. The van der Waals surface area contributed by atoms with Crippen molar-refractivity contribution < 1.29 is 14.2 Å². The lowest BCUT2D eigenvalue weighted by Gasteiger charge is -2.15. The third-order valence-electron chi connectivity index (χ3n) is 4.90. The van der Waals surface area contributed by atoms with Gasteiger partial charge in [-0.05, 0) is 42.0 Å². The SMILES string of the molecule is Cn1c(=O)[nH]c(=O)c2c1nc(NN=Cc1ccc(F)cc1)n2CC(O)COc1ccc(Cl)cc1. The fourth-order valence-corrected chi connectivity index (χ4v) is 3.32. The second-order valence-corrected chi connectivity index (χ2v) is 7.81. The molecule has 12 heteroatoms. The number of hydrazone groups is 1. The lowest BCUT2D eigenvalue weighted by atomic mass is 10.2. The summed E-state index contributed by atoms with van der Waals surface area (Å²) >= 11 is 5.86. The van der Waals surface area contributed by atoms with Gasteiger partial charge in [-0.15, -0.1) is 0 Å². The molecule has 0 aliphatic rings. The Bertz CT molecular complexity index is 1440. The third kappa shape index (κ3) is 5.16. The number of aliphatic hydroxyl groups is 1. The zero-order valence-corrected chi connectivity index (χ0v) is 18.7. The van der Waals surface area contributed by atoms with Crippen LogP contribution in [0.4, 0.5) is 10.3 Å². The Kier molecular flexibility index (Phi) is 6.75. The summed E-state index contributed by atoms with van der Waals surface area (Å²) < 4.78 is 21.3. The third-order valence-corrected chi connectivity index (χ3v) is 5.16. The summed E-state index contributed by atoms with van der Waals surface area (Å²) in [5.41, 5.74) is 2.24. The number of ether oxygens (including phenoxy) is 1. The number of H-pyrrole nitrogens is 1. The molecule has 3 N–H and O–H groups in total. The van der Waals surface area contributed by atoms with Gasteiger partial charge in [0.25, 0.3) is 5.56 Å². The number of nitrogens with zero attached hydrogens (tertiary/aromatic N) is 4. The van der Waals surface area contributed by atoms with Gasteiger partial charge in [0.05, 0.1) is 12.8 Å². The number of hydrogen-bond acceptors (Lipinski definition) is 7. The van der Waals surface area contributed by atoms with Crippen LogP contribution >= 0.6 is 11.6 Å². The van der Waals surface area contributed by atoms with E-state index in [2.05, 4.69) is 20.5 Å². The van der Waals surface area contributed by atoms with Gasteiger partial charge in [-0.3, -0.25) is 14.3 Å². The summed E-state index contributed by atoms with van der Waals surface area (Å²) in [6.45, 7) is -0.164. The summed E-state index contributed by atoms with van der Waals surface area (Å²) in [7, 11) is 1.46. The number of rotatable bonds is 8. The highest BCUT2D eigenvalue weighted by molar-refractivity contribution is 6.30. The number of nitrogens with one attached hydrogen (secondary N) is 2. The van der Waals surface area contributed by atoms with E-state index in [1.807, 2.05) is 0 Å². The lowest BCUT2D eigenvalue weighted by Crippen LogP contribution is -2.30. The molecule has 34 heavy (non-hydrogen) atoms. The Morgan fingerprint density at radius 3 is 2.65 bits per heavy atom. The molecule has 0 spiro atoms. The van der Waals surface area contributed by atoms with Crippen LogP contribution in [0.5, 0.6) is 5.75 Å². The average Bonchev–Trinajstić information content (AvgIpc) is 3.17. The second kappa shape index (κ2) is 9.89. The van der Waals surface area contributed by atoms with Crippen molar-refractivity contribution in [1.29, 1.82) is 0 Å². The maximum absolute atomic E-state index is 13.1. The van der Waals surface area contributed by atoms with Crippen molar-refractivity contribution in [2.24, 2.45) is 12.1 Å². The predicted molar refractivity (Wildman–Crippen MR) is 126 cm³/mol. The van der Waals surface area contributed by atoms with Gasteiger partial charge in [-0.25, -0.2) is 14.6 Å². The molecular formula is C22H20ClFN6O4. The maximum atomic E-state index is 13.1. The molecule has 0 aliphatic carbocycles. The van der Waals surface area contributed by atoms with E-state index in [4.69, 9.17) is 16.3 Å². The number of fused-ring (bicyclic) bond motifs is 1. The minimum absolute atomic E-state index is 0.0760. The number of aromatic amines is 1. The zero-order valence-electron chi connectivity index (χ0n) is 17.9. The summed E-state index contributed by atoms with van der Waals surface area (Å²) in [6, 6.07) is 12.3. The fraction of sp³-hybridized carbons (Fsp3) is 0.182. The summed E-state index contributed by atoms with van der Waals surface area (Å²) in [5.74, 6) is 0.258. The van der Waals surface area contributed by atoms with Crippen LogP contribution in [0.15, 0.2) is 63.2 Å². The highest BCUT2D eigenvalue weighted by Crippen LogP contribution is 2.18.